The van der Waals surface area contributed by atoms with Crippen LogP contribution in [0.1, 0.15) is 13.8 Å². The number of hydrogen-bond donors (Lipinski definition) is 2. The van der Waals surface area contributed by atoms with Crippen molar-refractivity contribution in [2.45, 2.75) is 30.2 Å². The average Bonchev–Trinajstić information content (AvgIpc) is 3.08. The predicted molar refractivity (Wildman–Crippen MR) is 112 cm³/mol. The Balaban J connectivity index is 1.82. The van der Waals surface area contributed by atoms with Crippen molar-refractivity contribution in [1.82, 2.24) is 19.7 Å². The molecule has 142 valence electrons. The molecule has 27 heavy (non-hydrogen) atoms. The van der Waals surface area contributed by atoms with Crippen LogP contribution in [0.2, 0.25) is 0 Å². The van der Waals surface area contributed by atoms with Crippen molar-refractivity contribution in [3.63, 3.8) is 0 Å². The van der Waals surface area contributed by atoms with Crippen molar-refractivity contribution in [3.05, 3.63) is 30.6 Å². The molecule has 7 heteroatoms. The quantitative estimate of drug-likeness (QED) is 0.487. The van der Waals surface area contributed by atoms with Crippen molar-refractivity contribution >= 4 is 28.4 Å². The maximum Gasteiger partial charge on any atom is 0.103 e. The van der Waals surface area contributed by atoms with Crippen LogP contribution in [-0.2, 0) is 6.54 Å². The summed E-state index contributed by atoms with van der Waals surface area (Å²) in [5.74, 6) is 0. The van der Waals surface area contributed by atoms with Crippen molar-refractivity contribution in [1.29, 1.82) is 0 Å². The SMILES string of the molecule is CCN(CC)CCn1nc2c3c(c(NCCN)ccc31)Sc1cnccc1-2. The Morgan fingerprint density at radius 1 is 1.22 bits per heavy atom. The third-order valence-electron chi connectivity index (χ3n) is 5.11. The van der Waals surface area contributed by atoms with Crippen molar-refractivity contribution in [2.75, 3.05) is 38.0 Å². The molecule has 6 nitrogen and oxygen atoms in total. The Morgan fingerprint density at radius 2 is 2.07 bits per heavy atom. The van der Waals surface area contributed by atoms with Crippen LogP contribution in [0.3, 0.4) is 0 Å². The summed E-state index contributed by atoms with van der Waals surface area (Å²) in [6, 6.07) is 6.41. The number of fused-ring (bicyclic) bond motifs is 2. The standard InChI is InChI=1S/C20H26N6S/c1-3-25(4-2)11-12-26-16-6-5-15(23-10-8-21)20-18(16)19(24-26)14-7-9-22-13-17(14)27-20/h5-7,9,13,23H,3-4,8,10-12,21H2,1-2H3. The lowest BCUT2D eigenvalue weighted by atomic mass is 10.1. The van der Waals surface area contributed by atoms with Crippen LogP contribution in [0.25, 0.3) is 22.2 Å². The van der Waals surface area contributed by atoms with Gasteiger partial charge in [0, 0.05) is 58.5 Å². The molecule has 0 saturated carbocycles. The summed E-state index contributed by atoms with van der Waals surface area (Å²) in [6.07, 6.45) is 3.78. The van der Waals surface area contributed by atoms with Crippen LogP contribution in [0, 0.1) is 0 Å². The minimum absolute atomic E-state index is 0.607. The highest BCUT2D eigenvalue weighted by molar-refractivity contribution is 8.00. The molecular formula is C20H26N6S. The fraction of sp³-hybridized carbons (Fsp3) is 0.400. The van der Waals surface area contributed by atoms with E-state index in [0.29, 0.717) is 6.54 Å². The van der Waals surface area contributed by atoms with Gasteiger partial charge in [0.05, 0.1) is 12.1 Å². The lowest BCUT2D eigenvalue weighted by Crippen LogP contribution is -2.27. The zero-order chi connectivity index (χ0) is 18.8. The zero-order valence-corrected chi connectivity index (χ0v) is 16.7. The summed E-state index contributed by atoms with van der Waals surface area (Å²) in [5, 5.41) is 9.72. The lowest BCUT2D eigenvalue weighted by molar-refractivity contribution is 0.287. The molecule has 0 unspecified atom stereocenters. The van der Waals surface area contributed by atoms with Gasteiger partial charge in [0.2, 0.25) is 0 Å². The second-order valence-corrected chi connectivity index (χ2v) is 7.68. The molecule has 1 aliphatic heterocycles. The second kappa shape index (κ2) is 7.88. The van der Waals surface area contributed by atoms with Crippen molar-refractivity contribution < 1.29 is 0 Å². The number of hydrogen-bond acceptors (Lipinski definition) is 6. The molecule has 0 radical (unpaired) electrons. The maximum absolute atomic E-state index is 5.70. The summed E-state index contributed by atoms with van der Waals surface area (Å²) in [6.45, 7) is 9.78. The molecule has 0 aliphatic carbocycles. The van der Waals surface area contributed by atoms with Gasteiger partial charge >= 0.3 is 0 Å². The molecular weight excluding hydrogens is 356 g/mol. The summed E-state index contributed by atoms with van der Waals surface area (Å²) in [5.41, 5.74) is 10.2. The summed E-state index contributed by atoms with van der Waals surface area (Å²) >= 11 is 1.77. The number of rotatable bonds is 8. The molecule has 0 atom stereocenters. The van der Waals surface area contributed by atoms with Crippen LogP contribution in [-0.4, -0.2) is 52.4 Å². The number of anilines is 1. The molecule has 1 aromatic carbocycles. The van der Waals surface area contributed by atoms with Gasteiger partial charge in [-0.3, -0.25) is 9.67 Å². The molecule has 1 aliphatic rings. The van der Waals surface area contributed by atoms with E-state index in [1.165, 1.54) is 21.4 Å². The van der Waals surface area contributed by atoms with E-state index in [4.69, 9.17) is 10.8 Å². The van der Waals surface area contributed by atoms with Crippen LogP contribution in [0.4, 0.5) is 5.69 Å². The minimum atomic E-state index is 0.607. The summed E-state index contributed by atoms with van der Waals surface area (Å²) in [4.78, 5) is 9.12. The first-order chi connectivity index (χ1) is 13.3. The van der Waals surface area contributed by atoms with Gasteiger partial charge in [0.15, 0.2) is 0 Å². The summed E-state index contributed by atoms with van der Waals surface area (Å²) in [7, 11) is 0. The number of nitrogens with zero attached hydrogens (tertiary/aromatic N) is 4. The van der Waals surface area contributed by atoms with E-state index in [1.807, 2.05) is 12.4 Å². The molecule has 3 aromatic rings. The van der Waals surface area contributed by atoms with Gasteiger partial charge in [-0.25, -0.2) is 0 Å². The van der Waals surface area contributed by atoms with E-state index in [1.54, 1.807) is 11.8 Å². The molecule has 4 rings (SSSR count). The highest BCUT2D eigenvalue weighted by Crippen LogP contribution is 2.49. The van der Waals surface area contributed by atoms with E-state index in [-0.39, 0.29) is 0 Å². The number of nitrogens with one attached hydrogen (secondary N) is 1. The molecule has 0 saturated heterocycles. The Morgan fingerprint density at radius 3 is 2.85 bits per heavy atom. The topological polar surface area (TPSA) is 72.0 Å². The van der Waals surface area contributed by atoms with Crippen LogP contribution in [0.5, 0.6) is 0 Å². The number of likely N-dealkylation sites (N-methyl/N-ethyl adjacent to an activating group) is 1. The average molecular weight is 383 g/mol. The Bertz CT molecular complexity index is 947. The normalized spacial score (nSPS) is 12.6. The Hall–Kier alpha value is -2.09. The minimum Gasteiger partial charge on any atom is -0.383 e. The fourth-order valence-corrected chi connectivity index (χ4v) is 4.76. The van der Waals surface area contributed by atoms with E-state index in [2.05, 4.69) is 51.9 Å². The molecule has 0 fully saturated rings. The maximum atomic E-state index is 5.70. The van der Waals surface area contributed by atoms with Gasteiger partial charge in [-0.15, -0.1) is 0 Å². The van der Waals surface area contributed by atoms with Gasteiger partial charge in [0.25, 0.3) is 0 Å². The first kappa shape index (κ1) is 18.3. The van der Waals surface area contributed by atoms with Crippen LogP contribution in [0.15, 0.2) is 40.4 Å². The molecule has 2 aromatic heterocycles. The van der Waals surface area contributed by atoms with E-state index in [0.717, 1.165) is 49.0 Å². The highest BCUT2D eigenvalue weighted by atomic mass is 32.2. The zero-order valence-electron chi connectivity index (χ0n) is 15.9. The van der Waals surface area contributed by atoms with E-state index < -0.39 is 0 Å². The largest absolute Gasteiger partial charge is 0.383 e. The van der Waals surface area contributed by atoms with Crippen LogP contribution >= 0.6 is 11.8 Å². The highest BCUT2D eigenvalue weighted by Gasteiger charge is 2.26. The number of nitrogens with two attached hydrogens (primary N) is 1. The van der Waals surface area contributed by atoms with Gasteiger partial charge in [0.1, 0.15) is 5.69 Å². The monoisotopic (exact) mass is 382 g/mol. The first-order valence-corrected chi connectivity index (χ1v) is 10.4. The molecule has 3 heterocycles. The molecule has 0 spiro atoms. The van der Waals surface area contributed by atoms with E-state index in [9.17, 15) is 0 Å². The molecule has 0 amide bonds. The molecule has 0 bridgehead atoms. The number of aromatic nitrogens is 3. The second-order valence-electron chi connectivity index (χ2n) is 6.62. The van der Waals surface area contributed by atoms with Crippen LogP contribution < -0.4 is 11.1 Å². The fourth-order valence-electron chi connectivity index (χ4n) is 3.59. The predicted octanol–water partition coefficient (Wildman–Crippen LogP) is 3.28. The van der Waals surface area contributed by atoms with Gasteiger partial charge in [-0.1, -0.05) is 25.6 Å². The van der Waals surface area contributed by atoms with E-state index >= 15 is 0 Å². The number of benzene rings is 1. The van der Waals surface area contributed by atoms with Crippen molar-refractivity contribution in [2.24, 2.45) is 5.73 Å². The summed E-state index contributed by atoms with van der Waals surface area (Å²) < 4.78 is 2.16. The Kier molecular flexibility index (Phi) is 5.33. The molecule has 3 N–H and O–H groups in total. The first-order valence-electron chi connectivity index (χ1n) is 9.58. The lowest BCUT2D eigenvalue weighted by Gasteiger charge is -2.19. The third kappa shape index (κ3) is 3.31. The third-order valence-corrected chi connectivity index (χ3v) is 6.28. The number of pyridine rings is 1. The van der Waals surface area contributed by atoms with Crippen molar-refractivity contribution in [3.8, 4) is 11.3 Å². The smallest absolute Gasteiger partial charge is 0.103 e. The van der Waals surface area contributed by atoms with Gasteiger partial charge < -0.3 is 16.0 Å². The van der Waals surface area contributed by atoms with Gasteiger partial charge in [-0.2, -0.15) is 5.10 Å². The Labute approximate surface area is 164 Å². The van der Waals surface area contributed by atoms with Gasteiger partial charge in [-0.05, 0) is 31.3 Å².